The minimum Gasteiger partial charge on any atom is -0.478 e. The number of allylic oxidation sites excluding steroid dienone is 3. The maximum absolute atomic E-state index is 13.3. The molecule has 1 aliphatic heterocycles. The second-order valence-corrected chi connectivity index (χ2v) is 12.0. The van der Waals surface area contributed by atoms with Crippen molar-refractivity contribution in [1.82, 2.24) is 10.2 Å². The van der Waals surface area contributed by atoms with Gasteiger partial charge < -0.3 is 16.2 Å². The van der Waals surface area contributed by atoms with Gasteiger partial charge in [0.05, 0.1) is 28.9 Å². The summed E-state index contributed by atoms with van der Waals surface area (Å²) in [6, 6.07) is 13.0. The van der Waals surface area contributed by atoms with E-state index in [0.717, 1.165) is 11.8 Å². The zero-order chi connectivity index (χ0) is 29.3. The van der Waals surface area contributed by atoms with Crippen LogP contribution in [-0.2, 0) is 9.59 Å². The Morgan fingerprint density at radius 1 is 1.17 bits per heavy atom. The Balaban J connectivity index is 1.40. The molecule has 41 heavy (non-hydrogen) atoms. The quantitative estimate of drug-likeness (QED) is 0.282. The summed E-state index contributed by atoms with van der Waals surface area (Å²) in [4.78, 5) is 38.4. The van der Waals surface area contributed by atoms with Gasteiger partial charge in [0, 0.05) is 39.0 Å². The molecule has 0 saturated heterocycles. The number of Topliss-reactive ketones (excluding diaryl/α,β-unsaturated/α-hetero) is 1. The van der Waals surface area contributed by atoms with Crippen molar-refractivity contribution in [2.75, 3.05) is 16.0 Å². The van der Waals surface area contributed by atoms with Crippen molar-refractivity contribution in [1.29, 1.82) is 5.26 Å². The largest absolute Gasteiger partial charge is 0.478 e. The van der Waals surface area contributed by atoms with Crippen LogP contribution in [0.2, 0.25) is 10.0 Å². The number of ketones is 1. The predicted octanol–water partition coefficient (Wildman–Crippen LogP) is 5.58. The van der Waals surface area contributed by atoms with Crippen LogP contribution in [-0.4, -0.2) is 38.7 Å². The van der Waals surface area contributed by atoms with E-state index in [0.29, 0.717) is 61.3 Å². The SMILES string of the molecule is N#CC1=C(N)N(c2nnc(SCC(=O)Nc3ccc(C(=O)O)cc3)s2)C2=C(C(=O)CCC2)C1c1c(Cl)cccc1Cl. The number of carboxylic acid groups (broad SMARTS) is 1. The van der Waals surface area contributed by atoms with Crippen molar-refractivity contribution < 1.29 is 19.5 Å². The van der Waals surface area contributed by atoms with Crippen molar-refractivity contribution in [2.45, 2.75) is 29.5 Å². The average molecular weight is 628 g/mol. The maximum atomic E-state index is 13.3. The summed E-state index contributed by atoms with van der Waals surface area (Å²) >= 11 is 15.4. The van der Waals surface area contributed by atoms with Gasteiger partial charge in [0.2, 0.25) is 11.0 Å². The number of rotatable bonds is 7. The molecular weight excluding hydrogens is 607 g/mol. The van der Waals surface area contributed by atoms with Crippen molar-refractivity contribution in [3.8, 4) is 6.07 Å². The Kier molecular flexibility index (Phi) is 8.32. The average Bonchev–Trinajstić information content (AvgIpc) is 3.40. The Hall–Kier alpha value is -3.89. The number of hydrogen-bond acceptors (Lipinski definition) is 10. The third-order valence-electron chi connectivity index (χ3n) is 6.53. The molecule has 2 heterocycles. The molecule has 0 fully saturated rings. The number of hydrogen-bond donors (Lipinski definition) is 3. The highest BCUT2D eigenvalue weighted by Crippen LogP contribution is 2.49. The van der Waals surface area contributed by atoms with Crippen LogP contribution in [0, 0.1) is 11.3 Å². The van der Waals surface area contributed by atoms with Crippen molar-refractivity contribution in [3.05, 3.63) is 86.3 Å². The monoisotopic (exact) mass is 626 g/mol. The standard InChI is InChI=1S/C27H20Cl2N6O4S2/c28-16-3-1-4-17(29)22(16)21-15(11-30)24(31)35(18-5-2-6-19(36)23(18)21)26-33-34-27(41-26)40-12-20(37)32-14-9-7-13(8-10-14)25(38)39/h1,3-4,7-10,21H,2,5-6,12,31H2,(H,32,37)(H,38,39). The number of nitrogens with two attached hydrogens (primary N) is 1. The third kappa shape index (κ3) is 5.67. The molecule has 10 nitrogen and oxygen atoms in total. The minimum absolute atomic E-state index is 0.0175. The van der Waals surface area contributed by atoms with E-state index >= 15 is 0 Å². The van der Waals surface area contributed by atoms with E-state index in [-0.39, 0.29) is 34.4 Å². The van der Waals surface area contributed by atoms with E-state index in [1.165, 1.54) is 35.6 Å². The van der Waals surface area contributed by atoms with E-state index in [2.05, 4.69) is 21.6 Å². The number of anilines is 2. The van der Waals surface area contributed by atoms with Crippen LogP contribution in [0.5, 0.6) is 0 Å². The van der Waals surface area contributed by atoms with E-state index in [9.17, 15) is 19.6 Å². The lowest BCUT2D eigenvalue weighted by atomic mass is 9.75. The van der Waals surface area contributed by atoms with Crippen molar-refractivity contribution >= 4 is 74.8 Å². The van der Waals surface area contributed by atoms with Crippen molar-refractivity contribution in [3.63, 3.8) is 0 Å². The molecule has 208 valence electrons. The molecule has 2 aromatic carbocycles. The lowest BCUT2D eigenvalue weighted by Crippen LogP contribution is -2.38. The molecule has 0 radical (unpaired) electrons. The van der Waals surface area contributed by atoms with Crippen LogP contribution >= 0.6 is 46.3 Å². The first-order valence-corrected chi connectivity index (χ1v) is 14.7. The first-order chi connectivity index (χ1) is 19.7. The Labute approximate surface area is 252 Å². The van der Waals surface area contributed by atoms with E-state index < -0.39 is 11.9 Å². The number of aromatic carboxylic acids is 1. The van der Waals surface area contributed by atoms with Crippen LogP contribution in [0.4, 0.5) is 10.8 Å². The lowest BCUT2D eigenvalue weighted by Gasteiger charge is -2.38. The number of nitriles is 1. The lowest BCUT2D eigenvalue weighted by molar-refractivity contribution is -0.116. The van der Waals surface area contributed by atoms with Gasteiger partial charge in [0.1, 0.15) is 5.82 Å². The zero-order valence-electron chi connectivity index (χ0n) is 21.1. The number of halogens is 2. The van der Waals surface area contributed by atoms with E-state index in [1.807, 2.05) is 0 Å². The van der Waals surface area contributed by atoms with Crippen LogP contribution in [0.3, 0.4) is 0 Å². The Bertz CT molecular complexity index is 1660. The van der Waals surface area contributed by atoms with Gasteiger partial charge in [-0.15, -0.1) is 10.2 Å². The second-order valence-electron chi connectivity index (χ2n) is 9.02. The molecule has 3 aromatic rings. The fraction of sp³-hybridized carbons (Fsp3) is 0.185. The molecule has 2 aliphatic rings. The highest BCUT2D eigenvalue weighted by atomic mass is 35.5. The van der Waals surface area contributed by atoms with Crippen LogP contribution in [0.1, 0.15) is 41.1 Å². The Morgan fingerprint density at radius 2 is 1.88 bits per heavy atom. The molecule has 14 heteroatoms. The second kappa shape index (κ2) is 11.9. The van der Waals surface area contributed by atoms with Gasteiger partial charge in [-0.05, 0) is 49.2 Å². The number of thioether (sulfide) groups is 1. The van der Waals surface area contributed by atoms with Gasteiger partial charge in [0.15, 0.2) is 10.1 Å². The number of nitrogens with zero attached hydrogens (tertiary/aromatic N) is 4. The number of benzene rings is 2. The number of amides is 1. The first kappa shape index (κ1) is 28.6. The molecule has 0 saturated carbocycles. The molecule has 1 unspecified atom stereocenters. The van der Waals surface area contributed by atoms with Gasteiger partial charge in [-0.25, -0.2) is 4.79 Å². The van der Waals surface area contributed by atoms with E-state index in [1.54, 1.807) is 23.1 Å². The molecule has 4 N–H and O–H groups in total. The maximum Gasteiger partial charge on any atom is 0.335 e. The highest BCUT2D eigenvalue weighted by Gasteiger charge is 2.42. The number of aromatic nitrogens is 2. The zero-order valence-corrected chi connectivity index (χ0v) is 24.2. The van der Waals surface area contributed by atoms with Crippen LogP contribution < -0.4 is 16.0 Å². The summed E-state index contributed by atoms with van der Waals surface area (Å²) in [7, 11) is 0. The topological polar surface area (TPSA) is 162 Å². The third-order valence-corrected chi connectivity index (χ3v) is 9.23. The van der Waals surface area contributed by atoms with E-state index in [4.69, 9.17) is 34.0 Å². The summed E-state index contributed by atoms with van der Waals surface area (Å²) in [5.74, 6) is -2.18. The predicted molar refractivity (Wildman–Crippen MR) is 157 cm³/mol. The number of carbonyl (C=O) groups excluding carboxylic acids is 2. The number of carbonyl (C=O) groups is 3. The van der Waals surface area contributed by atoms with Crippen molar-refractivity contribution in [2.24, 2.45) is 5.73 Å². The number of carboxylic acids is 1. The molecule has 0 spiro atoms. The summed E-state index contributed by atoms with van der Waals surface area (Å²) < 4.78 is 0.475. The van der Waals surface area contributed by atoms with Gasteiger partial charge in [-0.1, -0.05) is 52.4 Å². The smallest absolute Gasteiger partial charge is 0.335 e. The van der Waals surface area contributed by atoms with Crippen LogP contribution in [0.25, 0.3) is 0 Å². The molecule has 5 rings (SSSR count). The molecule has 1 atom stereocenters. The fourth-order valence-corrected chi connectivity index (χ4v) is 7.05. The summed E-state index contributed by atoms with van der Waals surface area (Å²) in [5.41, 5.74) is 8.77. The number of nitrogens with one attached hydrogen (secondary N) is 1. The summed E-state index contributed by atoms with van der Waals surface area (Å²) in [6.07, 6.45) is 1.43. The molecular formula is C27H20Cl2N6O4S2. The fourth-order valence-electron chi connectivity index (χ4n) is 4.75. The molecule has 1 amide bonds. The molecule has 1 aliphatic carbocycles. The van der Waals surface area contributed by atoms with Crippen LogP contribution in [0.15, 0.2) is 69.5 Å². The Morgan fingerprint density at radius 3 is 2.54 bits per heavy atom. The highest BCUT2D eigenvalue weighted by molar-refractivity contribution is 8.01. The first-order valence-electron chi connectivity index (χ1n) is 12.2. The van der Waals surface area contributed by atoms with Gasteiger partial charge in [0.25, 0.3) is 0 Å². The van der Waals surface area contributed by atoms with Gasteiger partial charge >= 0.3 is 5.97 Å². The van der Waals surface area contributed by atoms with Gasteiger partial charge in [-0.2, -0.15) is 5.26 Å². The normalized spacial score (nSPS) is 16.9. The van der Waals surface area contributed by atoms with Gasteiger partial charge in [-0.3, -0.25) is 14.5 Å². The summed E-state index contributed by atoms with van der Waals surface area (Å²) in [5, 5.41) is 31.4. The molecule has 0 bridgehead atoms. The summed E-state index contributed by atoms with van der Waals surface area (Å²) in [6.45, 7) is 0. The molecule has 1 aromatic heterocycles. The minimum atomic E-state index is -1.06.